The predicted molar refractivity (Wildman–Crippen MR) is 107 cm³/mol. The molecule has 0 radical (unpaired) electrons. The summed E-state index contributed by atoms with van der Waals surface area (Å²) in [5.74, 6) is -0.230. The molecule has 0 atom stereocenters. The van der Waals surface area contributed by atoms with Gasteiger partial charge in [0.25, 0.3) is 5.69 Å². The number of benzene rings is 1. The van der Waals surface area contributed by atoms with Crippen LogP contribution in [0.15, 0.2) is 35.4 Å². The Morgan fingerprint density at radius 1 is 1.25 bits per heavy atom. The third kappa shape index (κ3) is 5.08. The van der Waals surface area contributed by atoms with Crippen LogP contribution in [0.5, 0.6) is 0 Å². The Kier molecular flexibility index (Phi) is 6.61. The van der Waals surface area contributed by atoms with Gasteiger partial charge >= 0.3 is 0 Å². The van der Waals surface area contributed by atoms with Gasteiger partial charge in [-0.1, -0.05) is 30.7 Å². The molecule has 3 rings (SSSR count). The zero-order valence-electron chi connectivity index (χ0n) is 15.3. The summed E-state index contributed by atoms with van der Waals surface area (Å²) in [6.07, 6.45) is 6.43. The normalized spacial score (nSPS) is 13.5. The van der Waals surface area contributed by atoms with Crippen molar-refractivity contribution >= 4 is 29.0 Å². The van der Waals surface area contributed by atoms with E-state index in [1.165, 1.54) is 42.8 Å². The Morgan fingerprint density at radius 3 is 2.79 bits per heavy atom. The number of hydrogen-bond donors (Lipinski definition) is 1. The quantitative estimate of drug-likeness (QED) is 0.460. The predicted octanol–water partition coefficient (Wildman–Crippen LogP) is 4.25. The zero-order valence-corrected chi connectivity index (χ0v) is 16.1. The average Bonchev–Trinajstić information content (AvgIpc) is 2.67. The van der Waals surface area contributed by atoms with Crippen LogP contribution in [-0.4, -0.2) is 21.6 Å². The SMILES string of the molecule is N#Cc1cc2c(nc1SCC(=O)Nc1cccc([N+](=O)[O-])c1)CCCCCC2. The summed E-state index contributed by atoms with van der Waals surface area (Å²) in [6, 6.07) is 9.89. The molecule has 0 aliphatic heterocycles. The van der Waals surface area contributed by atoms with Crippen LogP contribution in [-0.2, 0) is 17.6 Å². The molecular weight excluding hydrogens is 376 g/mol. The molecule has 0 saturated carbocycles. The molecule has 1 aliphatic rings. The highest BCUT2D eigenvalue weighted by atomic mass is 32.2. The summed E-state index contributed by atoms with van der Waals surface area (Å²) in [5.41, 5.74) is 2.95. The van der Waals surface area contributed by atoms with Gasteiger partial charge < -0.3 is 5.32 Å². The minimum absolute atomic E-state index is 0.0726. The van der Waals surface area contributed by atoms with Crippen LogP contribution in [0.2, 0.25) is 0 Å². The molecule has 1 aliphatic carbocycles. The molecule has 0 unspecified atom stereocenters. The van der Waals surface area contributed by atoms with E-state index in [9.17, 15) is 20.2 Å². The molecule has 0 fully saturated rings. The fourth-order valence-corrected chi connectivity index (χ4v) is 3.96. The van der Waals surface area contributed by atoms with Crippen LogP contribution < -0.4 is 5.32 Å². The molecule has 1 amide bonds. The Bertz CT molecular complexity index is 940. The van der Waals surface area contributed by atoms with Crippen molar-refractivity contribution in [2.45, 2.75) is 43.6 Å². The summed E-state index contributed by atoms with van der Waals surface area (Å²) < 4.78 is 0. The third-order valence-corrected chi connectivity index (χ3v) is 5.56. The average molecular weight is 396 g/mol. The molecule has 8 heteroatoms. The monoisotopic (exact) mass is 396 g/mol. The second-order valence-electron chi connectivity index (χ2n) is 6.62. The van der Waals surface area contributed by atoms with E-state index in [-0.39, 0.29) is 17.3 Å². The van der Waals surface area contributed by atoms with E-state index in [0.29, 0.717) is 16.3 Å². The van der Waals surface area contributed by atoms with Crippen LogP contribution in [0, 0.1) is 21.4 Å². The summed E-state index contributed by atoms with van der Waals surface area (Å²) in [7, 11) is 0. The van der Waals surface area contributed by atoms with Gasteiger partial charge in [-0.15, -0.1) is 0 Å². The van der Waals surface area contributed by atoms with Crippen LogP contribution in [0.1, 0.15) is 42.5 Å². The number of nitro groups is 1. The number of carbonyl (C=O) groups is 1. The summed E-state index contributed by atoms with van der Waals surface area (Å²) in [4.78, 5) is 27.2. The standard InChI is InChI=1S/C20H20N4O3S/c21-12-15-10-14-6-3-1-2-4-9-18(14)23-20(15)28-13-19(25)22-16-7-5-8-17(11-16)24(26)27/h5,7-8,10-11H,1-4,6,9,13H2,(H,22,25). The molecule has 1 aromatic heterocycles. The second kappa shape index (κ2) is 9.33. The Labute approximate surface area is 167 Å². The van der Waals surface area contributed by atoms with E-state index in [0.717, 1.165) is 36.9 Å². The van der Waals surface area contributed by atoms with Gasteiger partial charge in [-0.2, -0.15) is 5.26 Å². The molecule has 1 N–H and O–H groups in total. The molecule has 28 heavy (non-hydrogen) atoms. The van der Waals surface area contributed by atoms with Gasteiger partial charge in [-0.05, 0) is 43.4 Å². The lowest BCUT2D eigenvalue weighted by atomic mass is 9.96. The third-order valence-electron chi connectivity index (χ3n) is 4.57. The largest absolute Gasteiger partial charge is 0.325 e. The highest BCUT2D eigenvalue weighted by Crippen LogP contribution is 2.27. The first-order valence-corrected chi connectivity index (χ1v) is 10.2. The minimum Gasteiger partial charge on any atom is -0.325 e. The lowest BCUT2D eigenvalue weighted by molar-refractivity contribution is -0.384. The fourth-order valence-electron chi connectivity index (χ4n) is 3.19. The van der Waals surface area contributed by atoms with Crippen molar-refractivity contribution in [3.63, 3.8) is 0 Å². The maximum atomic E-state index is 12.2. The molecular formula is C20H20N4O3S. The van der Waals surface area contributed by atoms with Gasteiger partial charge in [-0.25, -0.2) is 4.98 Å². The number of pyridine rings is 1. The maximum Gasteiger partial charge on any atom is 0.271 e. The highest BCUT2D eigenvalue weighted by molar-refractivity contribution is 8.00. The number of non-ortho nitro benzene ring substituents is 1. The molecule has 7 nitrogen and oxygen atoms in total. The highest BCUT2D eigenvalue weighted by Gasteiger charge is 2.15. The lowest BCUT2D eigenvalue weighted by Gasteiger charge is -2.15. The van der Waals surface area contributed by atoms with E-state index in [4.69, 9.17) is 0 Å². The number of nitrogens with zero attached hydrogens (tertiary/aromatic N) is 3. The Morgan fingerprint density at radius 2 is 2.04 bits per heavy atom. The van der Waals surface area contributed by atoms with Crippen LogP contribution >= 0.6 is 11.8 Å². The topological polar surface area (TPSA) is 109 Å². The van der Waals surface area contributed by atoms with Crippen LogP contribution in [0.3, 0.4) is 0 Å². The first-order valence-electron chi connectivity index (χ1n) is 9.17. The van der Waals surface area contributed by atoms with Crippen LogP contribution in [0.4, 0.5) is 11.4 Å². The molecule has 2 aromatic rings. The van der Waals surface area contributed by atoms with E-state index in [2.05, 4.69) is 16.4 Å². The number of nitrogens with one attached hydrogen (secondary N) is 1. The molecule has 1 aromatic carbocycles. The molecule has 0 saturated heterocycles. The first-order chi connectivity index (χ1) is 13.6. The van der Waals surface area contributed by atoms with Gasteiger partial charge in [0.05, 0.1) is 16.2 Å². The van der Waals surface area contributed by atoms with Gasteiger partial charge in [0.1, 0.15) is 11.1 Å². The van der Waals surface area contributed by atoms with Crippen LogP contribution in [0.25, 0.3) is 0 Å². The zero-order chi connectivity index (χ0) is 19.9. The fraction of sp³-hybridized carbons (Fsp3) is 0.350. The lowest BCUT2D eigenvalue weighted by Crippen LogP contribution is -2.14. The number of aromatic nitrogens is 1. The number of carbonyl (C=O) groups excluding carboxylic acids is 1. The van der Waals surface area contributed by atoms with Gasteiger partial charge in [-0.3, -0.25) is 14.9 Å². The summed E-state index contributed by atoms with van der Waals surface area (Å²) >= 11 is 1.21. The number of rotatable bonds is 5. The first kappa shape index (κ1) is 19.8. The number of amides is 1. The van der Waals surface area contributed by atoms with Crippen molar-refractivity contribution in [1.82, 2.24) is 4.98 Å². The number of anilines is 1. The summed E-state index contributed by atoms with van der Waals surface area (Å²) in [6.45, 7) is 0. The number of aryl methyl sites for hydroxylation is 2. The van der Waals surface area contributed by atoms with Crippen molar-refractivity contribution in [1.29, 1.82) is 5.26 Å². The smallest absolute Gasteiger partial charge is 0.271 e. The molecule has 0 spiro atoms. The number of hydrogen-bond acceptors (Lipinski definition) is 6. The van der Waals surface area contributed by atoms with E-state index in [1.54, 1.807) is 6.07 Å². The van der Waals surface area contributed by atoms with Crippen molar-refractivity contribution in [3.8, 4) is 6.07 Å². The number of fused-ring (bicyclic) bond motifs is 1. The molecule has 144 valence electrons. The number of thioether (sulfide) groups is 1. The minimum atomic E-state index is -0.508. The van der Waals surface area contributed by atoms with Crippen molar-refractivity contribution < 1.29 is 9.72 Å². The van der Waals surface area contributed by atoms with Gasteiger partial charge in [0.15, 0.2) is 0 Å². The van der Waals surface area contributed by atoms with Gasteiger partial charge in [0, 0.05) is 23.5 Å². The van der Waals surface area contributed by atoms with E-state index < -0.39 is 4.92 Å². The van der Waals surface area contributed by atoms with Gasteiger partial charge in [0.2, 0.25) is 5.91 Å². The maximum absolute atomic E-state index is 12.2. The summed E-state index contributed by atoms with van der Waals surface area (Å²) in [5, 5.41) is 23.5. The van der Waals surface area contributed by atoms with E-state index >= 15 is 0 Å². The second-order valence-corrected chi connectivity index (χ2v) is 7.58. The Hall–Kier alpha value is -2.92. The van der Waals surface area contributed by atoms with Crippen molar-refractivity contribution in [3.05, 3.63) is 57.3 Å². The van der Waals surface area contributed by atoms with E-state index in [1.807, 2.05) is 6.07 Å². The number of nitro benzene ring substituents is 1. The molecule has 1 heterocycles. The molecule has 0 bridgehead atoms. The number of nitriles is 1. The Balaban J connectivity index is 1.69. The van der Waals surface area contributed by atoms with Crippen molar-refractivity contribution in [2.75, 3.05) is 11.1 Å². The van der Waals surface area contributed by atoms with Crippen molar-refractivity contribution in [2.24, 2.45) is 0 Å².